The summed E-state index contributed by atoms with van der Waals surface area (Å²) in [6.07, 6.45) is 4.71. The normalized spacial score (nSPS) is 16.0. The van der Waals surface area contributed by atoms with Crippen LogP contribution in [0.15, 0.2) is 72.0 Å². The van der Waals surface area contributed by atoms with Gasteiger partial charge in [0.15, 0.2) is 11.5 Å². The number of amides is 1. The van der Waals surface area contributed by atoms with Crippen LogP contribution in [0.1, 0.15) is 42.9 Å². The molecular weight excluding hydrogens is 422 g/mol. The van der Waals surface area contributed by atoms with Crippen LogP contribution in [-0.4, -0.2) is 46.4 Å². The fourth-order valence-electron chi connectivity index (χ4n) is 3.86. The number of aliphatic hydroxyl groups excluding tert-OH is 1. The highest BCUT2D eigenvalue weighted by molar-refractivity contribution is 6.14. The summed E-state index contributed by atoms with van der Waals surface area (Å²) in [6.45, 7) is 0.281. The largest absolute Gasteiger partial charge is 0.503 e. The van der Waals surface area contributed by atoms with Crippen LogP contribution in [0.2, 0.25) is 0 Å². The Morgan fingerprint density at radius 2 is 1.82 bits per heavy atom. The summed E-state index contributed by atoms with van der Waals surface area (Å²) in [6, 6.07) is 15.6. The molecule has 1 amide bonds. The van der Waals surface area contributed by atoms with E-state index in [1.807, 2.05) is 30.3 Å². The molecule has 1 aliphatic heterocycles. The first-order valence-corrected chi connectivity index (χ1v) is 10.8. The van der Waals surface area contributed by atoms with Gasteiger partial charge in [-0.05, 0) is 42.2 Å². The van der Waals surface area contributed by atoms with Crippen LogP contribution in [0.5, 0.6) is 5.75 Å². The van der Waals surface area contributed by atoms with Crippen LogP contribution in [0.4, 0.5) is 0 Å². The average molecular weight is 450 g/mol. The Bertz CT molecular complexity index is 1070. The molecule has 0 radical (unpaired) electrons. The molecular formula is C26H27NO6. The van der Waals surface area contributed by atoms with Gasteiger partial charge in [0.2, 0.25) is 0 Å². The van der Waals surface area contributed by atoms with Crippen molar-refractivity contribution in [3.63, 3.8) is 0 Å². The summed E-state index contributed by atoms with van der Waals surface area (Å²) in [4.78, 5) is 38.3. The molecule has 7 heteroatoms. The minimum absolute atomic E-state index is 0.0194. The van der Waals surface area contributed by atoms with Crippen LogP contribution in [-0.2, 0) is 14.4 Å². The number of unbranched alkanes of at least 4 members (excludes halogenated alkanes) is 2. The number of rotatable bonds is 11. The van der Waals surface area contributed by atoms with Gasteiger partial charge in [0, 0.05) is 13.0 Å². The first kappa shape index (κ1) is 23.8. The Morgan fingerprint density at radius 3 is 2.52 bits per heavy atom. The number of carboxylic acids is 1. The van der Waals surface area contributed by atoms with Crippen molar-refractivity contribution in [3.05, 3.63) is 83.1 Å². The number of nitrogens with zero attached hydrogens (tertiary/aromatic N) is 1. The first-order chi connectivity index (χ1) is 15.9. The molecule has 2 N–H and O–H groups in total. The molecule has 0 aliphatic carbocycles. The summed E-state index contributed by atoms with van der Waals surface area (Å²) in [7, 11) is 1.53. The number of benzene rings is 2. The molecule has 0 saturated carbocycles. The first-order valence-electron chi connectivity index (χ1n) is 10.8. The number of carbonyl (C=O) groups excluding carboxylic acids is 2. The van der Waals surface area contributed by atoms with Crippen LogP contribution >= 0.6 is 0 Å². The van der Waals surface area contributed by atoms with E-state index in [1.165, 1.54) is 18.1 Å². The Labute approximate surface area is 192 Å². The van der Waals surface area contributed by atoms with Gasteiger partial charge < -0.3 is 19.8 Å². The van der Waals surface area contributed by atoms with E-state index in [9.17, 15) is 19.5 Å². The van der Waals surface area contributed by atoms with E-state index >= 15 is 0 Å². The lowest BCUT2D eigenvalue weighted by atomic mass is 9.95. The van der Waals surface area contributed by atoms with E-state index in [0.29, 0.717) is 30.6 Å². The number of methoxy groups -OCH3 is 1. The fourth-order valence-corrected chi connectivity index (χ4v) is 3.86. The predicted octanol–water partition coefficient (Wildman–Crippen LogP) is 4.32. The number of aliphatic carboxylic acids is 1. The van der Waals surface area contributed by atoms with Crippen LogP contribution in [0, 0.1) is 0 Å². The Morgan fingerprint density at radius 1 is 1.06 bits per heavy atom. The maximum atomic E-state index is 13.1. The van der Waals surface area contributed by atoms with E-state index < -0.39 is 29.5 Å². The van der Waals surface area contributed by atoms with E-state index in [4.69, 9.17) is 9.84 Å². The van der Waals surface area contributed by atoms with Gasteiger partial charge in [-0.2, -0.15) is 0 Å². The molecule has 1 heterocycles. The lowest BCUT2D eigenvalue weighted by molar-refractivity contribution is -0.137. The third kappa shape index (κ3) is 5.88. The van der Waals surface area contributed by atoms with E-state index in [2.05, 4.69) is 0 Å². The Hall–Kier alpha value is -3.87. The topological polar surface area (TPSA) is 104 Å². The van der Waals surface area contributed by atoms with Gasteiger partial charge in [-0.3, -0.25) is 14.4 Å². The van der Waals surface area contributed by atoms with Crippen molar-refractivity contribution in [2.45, 2.75) is 31.7 Å². The number of carboxylic acid groups (broad SMARTS) is 1. The fraction of sp³-hybridized carbons (Fsp3) is 0.269. The molecule has 3 rings (SSSR count). The lowest BCUT2D eigenvalue weighted by Crippen LogP contribution is -2.32. The van der Waals surface area contributed by atoms with E-state index in [0.717, 1.165) is 5.56 Å². The number of aliphatic hydroxyl groups is 1. The second kappa shape index (κ2) is 11.1. The second-order valence-electron chi connectivity index (χ2n) is 7.75. The second-order valence-corrected chi connectivity index (χ2v) is 7.75. The SMILES string of the molecule is COc1cccc(C2C(C(=O)C=Cc3ccccc3)=C(O)C(=O)N2CCCCCC(=O)O)c1. The molecule has 0 bridgehead atoms. The molecule has 2 aromatic carbocycles. The number of carbonyl (C=O) groups is 3. The van der Waals surface area contributed by atoms with Crippen molar-refractivity contribution in [1.82, 2.24) is 4.90 Å². The maximum absolute atomic E-state index is 13.1. The highest BCUT2D eigenvalue weighted by atomic mass is 16.5. The molecule has 2 aromatic rings. The molecule has 0 saturated heterocycles. The van der Waals surface area contributed by atoms with Crippen LogP contribution < -0.4 is 4.74 Å². The highest BCUT2D eigenvalue weighted by Gasteiger charge is 2.42. The number of hydrogen-bond donors (Lipinski definition) is 2. The number of allylic oxidation sites excluding steroid dienone is 1. The molecule has 1 atom stereocenters. The van der Waals surface area contributed by atoms with Gasteiger partial charge in [-0.15, -0.1) is 0 Å². The van der Waals surface area contributed by atoms with Crippen molar-refractivity contribution < 1.29 is 29.3 Å². The third-order valence-corrected chi connectivity index (χ3v) is 5.50. The van der Waals surface area contributed by atoms with E-state index in [1.54, 1.807) is 30.3 Å². The summed E-state index contributed by atoms with van der Waals surface area (Å²) >= 11 is 0. The minimum Gasteiger partial charge on any atom is -0.503 e. The summed E-state index contributed by atoms with van der Waals surface area (Å²) < 4.78 is 5.30. The van der Waals surface area contributed by atoms with E-state index in [-0.39, 0.29) is 18.5 Å². The van der Waals surface area contributed by atoms with Gasteiger partial charge in [0.05, 0.1) is 18.7 Å². The van der Waals surface area contributed by atoms with Gasteiger partial charge in [-0.1, -0.05) is 55.0 Å². The van der Waals surface area contributed by atoms with Crippen molar-refractivity contribution in [3.8, 4) is 5.75 Å². The van der Waals surface area contributed by atoms with Crippen molar-refractivity contribution >= 4 is 23.7 Å². The third-order valence-electron chi connectivity index (χ3n) is 5.50. The van der Waals surface area contributed by atoms with Gasteiger partial charge in [-0.25, -0.2) is 0 Å². The molecule has 7 nitrogen and oxygen atoms in total. The Kier molecular flexibility index (Phi) is 8.02. The number of ketones is 1. The average Bonchev–Trinajstić information content (AvgIpc) is 3.08. The smallest absolute Gasteiger partial charge is 0.303 e. The van der Waals surface area contributed by atoms with Crippen molar-refractivity contribution in [2.24, 2.45) is 0 Å². The number of hydrogen-bond acceptors (Lipinski definition) is 5. The molecule has 33 heavy (non-hydrogen) atoms. The molecule has 0 spiro atoms. The quantitative estimate of drug-likeness (QED) is 0.391. The summed E-state index contributed by atoms with van der Waals surface area (Å²) in [5.41, 5.74) is 1.49. The van der Waals surface area contributed by atoms with Gasteiger partial charge >= 0.3 is 5.97 Å². The predicted molar refractivity (Wildman–Crippen MR) is 124 cm³/mol. The molecule has 1 unspecified atom stereocenters. The van der Waals surface area contributed by atoms with Crippen molar-refractivity contribution in [2.75, 3.05) is 13.7 Å². The molecule has 1 aliphatic rings. The van der Waals surface area contributed by atoms with Crippen molar-refractivity contribution in [1.29, 1.82) is 0 Å². The number of ether oxygens (including phenoxy) is 1. The van der Waals surface area contributed by atoms with Crippen LogP contribution in [0.25, 0.3) is 6.08 Å². The zero-order valence-corrected chi connectivity index (χ0v) is 18.4. The standard InChI is InChI=1S/C26H27NO6/c1-33-20-12-8-11-19(17-20)24-23(21(28)15-14-18-9-4-2-5-10-18)25(31)26(32)27(24)16-7-3-6-13-22(29)30/h2,4-5,8-12,14-15,17,24,31H,3,6-7,13,16H2,1H3,(H,29,30). The maximum Gasteiger partial charge on any atom is 0.303 e. The molecule has 0 fully saturated rings. The lowest BCUT2D eigenvalue weighted by Gasteiger charge is -2.27. The zero-order chi connectivity index (χ0) is 23.8. The highest BCUT2D eigenvalue weighted by Crippen LogP contribution is 2.39. The molecule has 0 aromatic heterocycles. The summed E-state index contributed by atoms with van der Waals surface area (Å²) in [5, 5.41) is 19.5. The minimum atomic E-state index is -0.862. The monoisotopic (exact) mass is 449 g/mol. The van der Waals surface area contributed by atoms with Gasteiger partial charge in [0.1, 0.15) is 5.75 Å². The van der Waals surface area contributed by atoms with Crippen LogP contribution in [0.3, 0.4) is 0 Å². The Balaban J connectivity index is 1.88. The summed E-state index contributed by atoms with van der Waals surface area (Å²) in [5.74, 6) is -1.92. The van der Waals surface area contributed by atoms with Gasteiger partial charge in [0.25, 0.3) is 5.91 Å². The molecule has 172 valence electrons. The zero-order valence-electron chi connectivity index (χ0n) is 18.4.